The van der Waals surface area contributed by atoms with Crippen LogP contribution in [0.3, 0.4) is 0 Å². The van der Waals surface area contributed by atoms with Gasteiger partial charge in [-0.05, 0) is 49.9 Å². The van der Waals surface area contributed by atoms with Crippen LogP contribution < -0.4 is 10.2 Å². The van der Waals surface area contributed by atoms with E-state index in [1.807, 2.05) is 0 Å². The van der Waals surface area contributed by atoms with Gasteiger partial charge in [-0.25, -0.2) is 14.4 Å². The number of fused-ring (bicyclic) bond motifs is 1. The standard InChI is InChI=1S/C20H24FN5O/c21-15-5-7-16(8-6-15)26-11-9-25(10-12-26)13-19(27)24-20-17-3-1-2-4-18(17)22-14-23-20/h5-8,14H,1-4,9-13H2,(H,22,23,24,27). The average molecular weight is 369 g/mol. The summed E-state index contributed by atoms with van der Waals surface area (Å²) in [6, 6.07) is 6.57. The van der Waals surface area contributed by atoms with Crippen LogP contribution in [0.2, 0.25) is 0 Å². The first-order valence-electron chi connectivity index (χ1n) is 9.54. The predicted molar refractivity (Wildman–Crippen MR) is 102 cm³/mol. The molecule has 2 aliphatic rings. The maximum atomic E-state index is 13.1. The van der Waals surface area contributed by atoms with Gasteiger partial charge in [0.15, 0.2) is 0 Å². The van der Waals surface area contributed by atoms with Crippen molar-refractivity contribution in [3.8, 4) is 0 Å². The van der Waals surface area contributed by atoms with Crippen LogP contribution in [0.1, 0.15) is 24.1 Å². The molecule has 2 heterocycles. The number of carbonyl (C=O) groups excluding carboxylic acids is 1. The number of hydrogen-bond donors (Lipinski definition) is 1. The summed E-state index contributed by atoms with van der Waals surface area (Å²) in [5.41, 5.74) is 3.19. The smallest absolute Gasteiger partial charge is 0.239 e. The Labute approximate surface area is 158 Å². The molecule has 7 heteroatoms. The Hall–Kier alpha value is -2.54. The highest BCUT2D eigenvalue weighted by atomic mass is 19.1. The number of aromatic nitrogens is 2. The first-order valence-corrected chi connectivity index (χ1v) is 9.54. The second-order valence-electron chi connectivity index (χ2n) is 7.14. The van der Waals surface area contributed by atoms with Crippen LogP contribution in [0.4, 0.5) is 15.9 Å². The van der Waals surface area contributed by atoms with Gasteiger partial charge in [0.05, 0.1) is 6.54 Å². The maximum Gasteiger partial charge on any atom is 0.239 e. The minimum atomic E-state index is -0.221. The summed E-state index contributed by atoms with van der Waals surface area (Å²) >= 11 is 0. The molecule has 1 aromatic carbocycles. The topological polar surface area (TPSA) is 61.4 Å². The molecule has 0 unspecified atom stereocenters. The molecule has 1 amide bonds. The molecule has 0 atom stereocenters. The summed E-state index contributed by atoms with van der Waals surface area (Å²) in [4.78, 5) is 25.5. The Morgan fingerprint density at radius 2 is 1.78 bits per heavy atom. The van der Waals surface area contributed by atoms with E-state index >= 15 is 0 Å². The predicted octanol–water partition coefficient (Wildman–Crippen LogP) is 2.26. The van der Waals surface area contributed by atoms with Gasteiger partial charge in [-0.2, -0.15) is 0 Å². The number of benzene rings is 1. The molecule has 0 spiro atoms. The van der Waals surface area contributed by atoms with Gasteiger partial charge in [0.2, 0.25) is 5.91 Å². The lowest BCUT2D eigenvalue weighted by Gasteiger charge is -2.35. The zero-order chi connectivity index (χ0) is 18.6. The van der Waals surface area contributed by atoms with Crippen molar-refractivity contribution in [2.45, 2.75) is 25.7 Å². The van der Waals surface area contributed by atoms with E-state index in [2.05, 4.69) is 25.1 Å². The Morgan fingerprint density at radius 1 is 1.04 bits per heavy atom. The number of anilines is 2. The van der Waals surface area contributed by atoms with E-state index in [0.717, 1.165) is 68.8 Å². The van der Waals surface area contributed by atoms with Gasteiger partial charge < -0.3 is 10.2 Å². The van der Waals surface area contributed by atoms with Crippen LogP contribution in [0.25, 0.3) is 0 Å². The summed E-state index contributed by atoms with van der Waals surface area (Å²) in [6.45, 7) is 3.60. The molecule has 0 saturated carbocycles. The van der Waals surface area contributed by atoms with Gasteiger partial charge in [0.1, 0.15) is 18.0 Å². The van der Waals surface area contributed by atoms with E-state index < -0.39 is 0 Å². The fourth-order valence-corrected chi connectivity index (χ4v) is 3.82. The minimum Gasteiger partial charge on any atom is -0.369 e. The number of hydrogen-bond acceptors (Lipinski definition) is 5. The Bertz CT molecular complexity index is 803. The van der Waals surface area contributed by atoms with Crippen molar-refractivity contribution >= 4 is 17.4 Å². The zero-order valence-corrected chi connectivity index (χ0v) is 15.3. The fourth-order valence-electron chi connectivity index (χ4n) is 3.82. The summed E-state index contributed by atoms with van der Waals surface area (Å²) in [6.07, 6.45) is 5.71. The third-order valence-electron chi connectivity index (χ3n) is 5.31. The maximum absolute atomic E-state index is 13.1. The van der Waals surface area contributed by atoms with Gasteiger partial charge in [-0.1, -0.05) is 0 Å². The quantitative estimate of drug-likeness (QED) is 0.896. The van der Waals surface area contributed by atoms with Crippen molar-refractivity contribution in [2.24, 2.45) is 0 Å². The number of rotatable bonds is 4. The molecule has 0 bridgehead atoms. The Balaban J connectivity index is 1.30. The van der Waals surface area contributed by atoms with Crippen LogP contribution in [-0.2, 0) is 17.6 Å². The molecular weight excluding hydrogens is 345 g/mol. The van der Waals surface area contributed by atoms with Gasteiger partial charge in [-0.3, -0.25) is 9.69 Å². The average Bonchev–Trinajstić information content (AvgIpc) is 2.69. The lowest BCUT2D eigenvalue weighted by Crippen LogP contribution is -2.48. The first-order chi connectivity index (χ1) is 13.2. The molecule has 0 radical (unpaired) electrons. The van der Waals surface area contributed by atoms with E-state index in [1.165, 1.54) is 12.1 Å². The summed E-state index contributed by atoms with van der Waals surface area (Å²) in [7, 11) is 0. The van der Waals surface area contributed by atoms with Crippen LogP contribution >= 0.6 is 0 Å². The van der Waals surface area contributed by atoms with E-state index in [4.69, 9.17) is 0 Å². The molecule has 1 aliphatic carbocycles. The van der Waals surface area contributed by atoms with Gasteiger partial charge >= 0.3 is 0 Å². The molecule has 2 aromatic rings. The largest absolute Gasteiger partial charge is 0.369 e. The first kappa shape index (κ1) is 17.9. The molecule has 4 rings (SSSR count). The minimum absolute atomic E-state index is 0.0308. The lowest BCUT2D eigenvalue weighted by atomic mass is 9.96. The monoisotopic (exact) mass is 369 g/mol. The van der Waals surface area contributed by atoms with Crippen molar-refractivity contribution in [3.05, 3.63) is 47.7 Å². The highest BCUT2D eigenvalue weighted by Crippen LogP contribution is 2.24. The fraction of sp³-hybridized carbons (Fsp3) is 0.450. The SMILES string of the molecule is O=C(CN1CCN(c2ccc(F)cc2)CC1)Nc1ncnc2c1CCCC2. The highest BCUT2D eigenvalue weighted by Gasteiger charge is 2.21. The summed E-state index contributed by atoms with van der Waals surface area (Å²) in [5, 5.41) is 2.98. The Morgan fingerprint density at radius 3 is 2.56 bits per heavy atom. The lowest BCUT2D eigenvalue weighted by molar-refractivity contribution is -0.117. The van der Waals surface area contributed by atoms with E-state index in [-0.39, 0.29) is 11.7 Å². The van der Waals surface area contributed by atoms with Gasteiger partial charge in [0.25, 0.3) is 0 Å². The van der Waals surface area contributed by atoms with Crippen LogP contribution in [-0.4, -0.2) is 53.5 Å². The van der Waals surface area contributed by atoms with Crippen LogP contribution in [0.5, 0.6) is 0 Å². The van der Waals surface area contributed by atoms with Gasteiger partial charge in [-0.15, -0.1) is 0 Å². The molecule has 1 N–H and O–H groups in total. The van der Waals surface area contributed by atoms with E-state index in [1.54, 1.807) is 18.5 Å². The molecule has 27 heavy (non-hydrogen) atoms. The molecule has 1 fully saturated rings. The molecule has 1 aliphatic heterocycles. The van der Waals surface area contributed by atoms with Gasteiger partial charge in [0, 0.05) is 43.1 Å². The summed E-state index contributed by atoms with van der Waals surface area (Å²) < 4.78 is 13.1. The molecular formula is C20H24FN5O. The number of carbonyl (C=O) groups is 1. The second-order valence-corrected chi connectivity index (χ2v) is 7.14. The number of amides is 1. The van der Waals surface area contributed by atoms with Crippen molar-refractivity contribution in [1.82, 2.24) is 14.9 Å². The number of aryl methyl sites for hydroxylation is 1. The van der Waals surface area contributed by atoms with Crippen LogP contribution in [0, 0.1) is 5.82 Å². The molecule has 1 saturated heterocycles. The summed E-state index contributed by atoms with van der Waals surface area (Å²) in [5.74, 6) is 0.423. The van der Waals surface area contributed by atoms with E-state index in [9.17, 15) is 9.18 Å². The second kappa shape index (κ2) is 8.00. The number of piperazine rings is 1. The molecule has 1 aromatic heterocycles. The molecule has 6 nitrogen and oxygen atoms in total. The molecule has 142 valence electrons. The van der Waals surface area contributed by atoms with Crippen molar-refractivity contribution in [1.29, 1.82) is 0 Å². The van der Waals surface area contributed by atoms with Crippen molar-refractivity contribution < 1.29 is 9.18 Å². The van der Waals surface area contributed by atoms with Crippen molar-refractivity contribution in [2.75, 3.05) is 42.9 Å². The van der Waals surface area contributed by atoms with E-state index in [0.29, 0.717) is 12.4 Å². The number of halogens is 1. The number of nitrogens with one attached hydrogen (secondary N) is 1. The highest BCUT2D eigenvalue weighted by molar-refractivity contribution is 5.92. The zero-order valence-electron chi connectivity index (χ0n) is 15.3. The van der Waals surface area contributed by atoms with Crippen molar-refractivity contribution in [3.63, 3.8) is 0 Å². The normalized spacial score (nSPS) is 17.4. The third kappa shape index (κ3) is 4.24. The number of nitrogens with zero attached hydrogens (tertiary/aromatic N) is 4. The third-order valence-corrected chi connectivity index (χ3v) is 5.31. The van der Waals surface area contributed by atoms with Crippen LogP contribution in [0.15, 0.2) is 30.6 Å². The Kier molecular flexibility index (Phi) is 5.29.